The number of benzene rings is 1. The first-order valence-corrected chi connectivity index (χ1v) is 4.98. The van der Waals surface area contributed by atoms with E-state index in [1.165, 1.54) is 25.3 Å². The molecule has 1 atom stereocenters. The van der Waals surface area contributed by atoms with E-state index >= 15 is 0 Å². The molecule has 0 saturated heterocycles. The zero-order valence-electron chi connectivity index (χ0n) is 7.43. The smallest absolute Gasteiger partial charge is 0.149 e. The van der Waals surface area contributed by atoms with Gasteiger partial charge in [-0.2, -0.15) is 0 Å². The number of rotatable bonds is 4. The van der Waals surface area contributed by atoms with Crippen molar-refractivity contribution in [2.24, 2.45) is 5.18 Å². The van der Waals surface area contributed by atoms with Crippen molar-refractivity contribution < 1.29 is 13.5 Å². The van der Waals surface area contributed by atoms with Gasteiger partial charge in [0.1, 0.15) is 11.4 Å². The molecule has 0 heterocycles. The van der Waals surface area contributed by atoms with E-state index in [0.29, 0.717) is 5.56 Å². The number of nitroso groups, excluding NO2 is 1. The molecule has 76 valence electrons. The molecule has 0 aromatic heterocycles. The molecule has 0 aliphatic heterocycles. The lowest BCUT2D eigenvalue weighted by Gasteiger charge is -2.07. The third kappa shape index (κ3) is 2.61. The number of hydrogen-bond donors (Lipinski definition) is 0. The van der Waals surface area contributed by atoms with E-state index in [-0.39, 0.29) is 17.2 Å². The van der Waals surface area contributed by atoms with Crippen molar-refractivity contribution >= 4 is 16.8 Å². The number of hydrogen-bond acceptors (Lipinski definition) is 5. The molecule has 0 N–H and O–H groups in total. The van der Waals surface area contributed by atoms with Gasteiger partial charge in [0.2, 0.25) is 0 Å². The summed E-state index contributed by atoms with van der Waals surface area (Å²) in [6, 6.07) is 4.43. The molecule has 0 spiro atoms. The number of ether oxygens (including phenoxy) is 1. The summed E-state index contributed by atoms with van der Waals surface area (Å²) in [5.41, 5.74) is 0.718. The van der Waals surface area contributed by atoms with E-state index in [9.17, 15) is 13.7 Å². The van der Waals surface area contributed by atoms with E-state index < -0.39 is 11.1 Å². The minimum Gasteiger partial charge on any atom is -0.772 e. The molecule has 0 saturated carbocycles. The standard InChI is InChI=1S/C8H9NO4S/c1-13-8-4-6(5-14(11)12)2-3-7(8)9-10/h2-4H,5H2,1H3,(H,11,12)/p-1. The molecule has 0 radical (unpaired) electrons. The summed E-state index contributed by atoms with van der Waals surface area (Å²) in [5, 5.41) is 2.73. The van der Waals surface area contributed by atoms with E-state index in [1.54, 1.807) is 0 Å². The van der Waals surface area contributed by atoms with Crippen LogP contribution in [0.4, 0.5) is 5.69 Å². The zero-order valence-corrected chi connectivity index (χ0v) is 8.24. The Bertz CT molecular complexity index is 366. The molecule has 14 heavy (non-hydrogen) atoms. The van der Waals surface area contributed by atoms with Crippen LogP contribution in [0.5, 0.6) is 5.75 Å². The van der Waals surface area contributed by atoms with Crippen molar-refractivity contribution in [2.75, 3.05) is 7.11 Å². The van der Waals surface area contributed by atoms with Gasteiger partial charge in [0.25, 0.3) is 0 Å². The van der Waals surface area contributed by atoms with Crippen LogP contribution in [0.2, 0.25) is 0 Å². The van der Waals surface area contributed by atoms with Crippen LogP contribution < -0.4 is 4.74 Å². The largest absolute Gasteiger partial charge is 0.772 e. The molecular formula is C8H8NO4S-. The second-order valence-corrected chi connectivity index (χ2v) is 3.44. The highest BCUT2D eigenvalue weighted by atomic mass is 32.2. The summed E-state index contributed by atoms with van der Waals surface area (Å²) in [4.78, 5) is 10.3. The molecule has 1 aromatic carbocycles. The Kier molecular flexibility index (Phi) is 3.73. The molecule has 1 unspecified atom stereocenters. The minimum absolute atomic E-state index is 0.102. The molecular weight excluding hydrogens is 206 g/mol. The van der Waals surface area contributed by atoms with Crippen molar-refractivity contribution in [3.63, 3.8) is 0 Å². The maximum absolute atomic E-state index is 10.4. The van der Waals surface area contributed by atoms with Crippen molar-refractivity contribution in [3.05, 3.63) is 28.7 Å². The minimum atomic E-state index is -2.15. The van der Waals surface area contributed by atoms with Gasteiger partial charge >= 0.3 is 0 Å². The highest BCUT2D eigenvalue weighted by molar-refractivity contribution is 7.78. The Labute approximate surface area is 83.3 Å². The molecule has 5 nitrogen and oxygen atoms in total. The number of methoxy groups -OCH3 is 1. The highest BCUT2D eigenvalue weighted by Crippen LogP contribution is 2.28. The summed E-state index contributed by atoms with van der Waals surface area (Å²) in [6.07, 6.45) is 0. The third-order valence-corrected chi connectivity index (χ3v) is 2.20. The zero-order chi connectivity index (χ0) is 10.6. The van der Waals surface area contributed by atoms with E-state index in [2.05, 4.69) is 5.18 Å². The fourth-order valence-electron chi connectivity index (χ4n) is 1.02. The van der Waals surface area contributed by atoms with E-state index in [1.807, 2.05) is 0 Å². The predicted molar refractivity (Wildman–Crippen MR) is 51.1 cm³/mol. The lowest BCUT2D eigenvalue weighted by Crippen LogP contribution is -1.94. The van der Waals surface area contributed by atoms with E-state index in [4.69, 9.17) is 4.74 Å². The van der Waals surface area contributed by atoms with Gasteiger partial charge in [-0.25, -0.2) is 0 Å². The summed E-state index contributed by atoms with van der Waals surface area (Å²) < 4.78 is 25.7. The molecule has 0 amide bonds. The molecule has 0 bridgehead atoms. The van der Waals surface area contributed by atoms with Gasteiger partial charge in [0.05, 0.1) is 7.11 Å². The summed E-state index contributed by atoms with van der Waals surface area (Å²) in [6.45, 7) is 0. The molecule has 1 rings (SSSR count). The fourth-order valence-corrected chi connectivity index (χ4v) is 1.48. The predicted octanol–water partition coefficient (Wildman–Crippen LogP) is 1.47. The van der Waals surface area contributed by atoms with Crippen molar-refractivity contribution in [3.8, 4) is 5.75 Å². The van der Waals surface area contributed by atoms with Crippen LogP contribution >= 0.6 is 0 Å². The van der Waals surface area contributed by atoms with Gasteiger partial charge < -0.3 is 9.29 Å². The lowest BCUT2D eigenvalue weighted by atomic mass is 10.2. The topological polar surface area (TPSA) is 78.8 Å². The van der Waals surface area contributed by atoms with Crippen molar-refractivity contribution in [1.29, 1.82) is 0 Å². The Morgan fingerprint density at radius 1 is 1.57 bits per heavy atom. The molecule has 1 aromatic rings. The van der Waals surface area contributed by atoms with Gasteiger partial charge in [-0.3, -0.25) is 4.21 Å². The summed E-state index contributed by atoms with van der Waals surface area (Å²) in [5.74, 6) is 0.179. The average Bonchev–Trinajstić information content (AvgIpc) is 2.16. The SMILES string of the molecule is COc1cc(CS(=O)[O-])ccc1N=O. The van der Waals surface area contributed by atoms with Crippen LogP contribution in [-0.2, 0) is 16.8 Å². The second-order valence-electron chi connectivity index (χ2n) is 2.55. The molecule has 0 aliphatic rings. The first-order valence-electron chi connectivity index (χ1n) is 3.73. The number of nitrogens with zero attached hydrogens (tertiary/aromatic N) is 1. The van der Waals surface area contributed by atoms with Crippen LogP contribution in [0.1, 0.15) is 5.56 Å². The monoisotopic (exact) mass is 214 g/mol. The molecule has 0 fully saturated rings. The first-order chi connectivity index (χ1) is 6.67. The van der Waals surface area contributed by atoms with Crippen LogP contribution in [0.3, 0.4) is 0 Å². The highest BCUT2D eigenvalue weighted by Gasteiger charge is 2.04. The Morgan fingerprint density at radius 3 is 2.79 bits per heavy atom. The second kappa shape index (κ2) is 4.83. The lowest BCUT2D eigenvalue weighted by molar-refractivity contribution is 0.415. The van der Waals surface area contributed by atoms with Crippen molar-refractivity contribution in [2.45, 2.75) is 5.75 Å². The van der Waals surface area contributed by atoms with Crippen LogP contribution in [0, 0.1) is 4.91 Å². The van der Waals surface area contributed by atoms with Gasteiger partial charge in [-0.1, -0.05) is 17.1 Å². The maximum atomic E-state index is 10.4. The fraction of sp³-hybridized carbons (Fsp3) is 0.250. The average molecular weight is 214 g/mol. The Morgan fingerprint density at radius 2 is 2.29 bits per heavy atom. The van der Waals surface area contributed by atoms with Gasteiger partial charge in [-0.15, -0.1) is 4.91 Å². The van der Waals surface area contributed by atoms with Gasteiger partial charge in [-0.05, 0) is 22.9 Å². The Hall–Kier alpha value is -1.27. The Balaban J connectivity index is 3.01. The first kappa shape index (κ1) is 10.8. The summed E-state index contributed by atoms with van der Waals surface area (Å²) >= 11 is -2.15. The third-order valence-electron chi connectivity index (χ3n) is 1.63. The quantitative estimate of drug-likeness (QED) is 0.561. The summed E-state index contributed by atoms with van der Waals surface area (Å²) in [7, 11) is 1.39. The van der Waals surface area contributed by atoms with Gasteiger partial charge in [0.15, 0.2) is 0 Å². The van der Waals surface area contributed by atoms with Crippen LogP contribution in [0.15, 0.2) is 23.4 Å². The van der Waals surface area contributed by atoms with Crippen LogP contribution in [-0.4, -0.2) is 15.9 Å². The van der Waals surface area contributed by atoms with E-state index in [0.717, 1.165) is 0 Å². The van der Waals surface area contributed by atoms with Gasteiger partial charge in [0, 0.05) is 5.75 Å². The molecule has 6 heteroatoms. The normalized spacial score (nSPS) is 12.1. The van der Waals surface area contributed by atoms with Crippen LogP contribution in [0.25, 0.3) is 0 Å². The van der Waals surface area contributed by atoms with Crippen molar-refractivity contribution in [1.82, 2.24) is 0 Å². The molecule has 0 aliphatic carbocycles. The maximum Gasteiger partial charge on any atom is 0.149 e.